The largest absolute Gasteiger partial charge is 0.489 e. The molecule has 154 valence electrons. The van der Waals surface area contributed by atoms with Gasteiger partial charge < -0.3 is 14.5 Å². The molecule has 0 saturated carbocycles. The van der Waals surface area contributed by atoms with Crippen LogP contribution in [0.25, 0.3) is 0 Å². The third-order valence-corrected chi connectivity index (χ3v) is 5.97. The maximum atomic E-state index is 13.3. The minimum atomic E-state index is -0.672. The predicted molar refractivity (Wildman–Crippen MR) is 112 cm³/mol. The van der Waals surface area contributed by atoms with Gasteiger partial charge in [-0.05, 0) is 30.0 Å². The maximum absolute atomic E-state index is 13.3. The highest BCUT2D eigenvalue weighted by Crippen LogP contribution is 2.32. The molecule has 7 nitrogen and oxygen atoms in total. The van der Waals surface area contributed by atoms with Crippen molar-refractivity contribution < 1.29 is 14.3 Å². The Morgan fingerprint density at radius 2 is 2.07 bits per heavy atom. The standard InChI is InChI=1S/C23H24N4O3/c1-15-7-8-16(11-15)12-26-13-17-9-10-27(23(29)21(17)24-26)19-14-30-20-6-4-3-5-18(20)25(2)22(19)28/h3-8,11,13,15,19H,9-10,12,14H2,1-2H3/t15?,19-/m0/s1. The summed E-state index contributed by atoms with van der Waals surface area (Å²) >= 11 is 0. The first kappa shape index (κ1) is 18.7. The van der Waals surface area contributed by atoms with E-state index in [9.17, 15) is 9.59 Å². The molecule has 2 atom stereocenters. The van der Waals surface area contributed by atoms with Crippen molar-refractivity contribution in [3.8, 4) is 5.75 Å². The molecule has 7 heteroatoms. The van der Waals surface area contributed by atoms with E-state index in [4.69, 9.17) is 4.74 Å². The molecular formula is C23H24N4O3. The molecule has 0 spiro atoms. The second-order valence-corrected chi connectivity index (χ2v) is 8.10. The molecule has 30 heavy (non-hydrogen) atoms. The summed E-state index contributed by atoms with van der Waals surface area (Å²) in [6.45, 7) is 3.39. The van der Waals surface area contributed by atoms with Crippen molar-refractivity contribution >= 4 is 17.5 Å². The number of rotatable bonds is 3. The Morgan fingerprint density at radius 3 is 2.87 bits per heavy atom. The second-order valence-electron chi connectivity index (χ2n) is 8.10. The van der Waals surface area contributed by atoms with Crippen LogP contribution in [0.4, 0.5) is 5.69 Å². The van der Waals surface area contributed by atoms with Crippen LogP contribution in [0.5, 0.6) is 5.75 Å². The van der Waals surface area contributed by atoms with Gasteiger partial charge in [0.25, 0.3) is 11.8 Å². The Balaban J connectivity index is 1.38. The number of nitrogens with zero attached hydrogens (tertiary/aromatic N) is 4. The molecule has 1 unspecified atom stereocenters. The average molecular weight is 404 g/mol. The molecule has 2 amide bonds. The lowest BCUT2D eigenvalue weighted by Crippen LogP contribution is -2.54. The van der Waals surface area contributed by atoms with Crippen LogP contribution in [0, 0.1) is 5.92 Å². The van der Waals surface area contributed by atoms with Crippen molar-refractivity contribution in [1.29, 1.82) is 0 Å². The fourth-order valence-electron chi connectivity index (χ4n) is 4.36. The van der Waals surface area contributed by atoms with Gasteiger partial charge in [-0.1, -0.05) is 37.3 Å². The van der Waals surface area contributed by atoms with E-state index in [1.165, 1.54) is 5.57 Å². The van der Waals surface area contributed by atoms with E-state index in [0.717, 1.165) is 5.56 Å². The molecule has 2 aromatic rings. The first-order valence-electron chi connectivity index (χ1n) is 10.3. The summed E-state index contributed by atoms with van der Waals surface area (Å²) in [4.78, 5) is 29.6. The molecule has 5 rings (SSSR count). The molecule has 1 aromatic heterocycles. The van der Waals surface area contributed by atoms with Crippen LogP contribution in [0.2, 0.25) is 0 Å². The fourth-order valence-corrected chi connectivity index (χ4v) is 4.36. The number of hydrogen-bond donors (Lipinski definition) is 0. The monoisotopic (exact) mass is 404 g/mol. The van der Waals surface area contributed by atoms with Gasteiger partial charge in [-0.3, -0.25) is 14.3 Å². The van der Waals surface area contributed by atoms with E-state index in [1.807, 2.05) is 35.1 Å². The highest BCUT2D eigenvalue weighted by molar-refractivity contribution is 6.03. The molecule has 0 N–H and O–H groups in total. The molecule has 0 fully saturated rings. The molecule has 1 aliphatic carbocycles. The number of fused-ring (bicyclic) bond motifs is 2. The van der Waals surface area contributed by atoms with E-state index in [1.54, 1.807) is 16.8 Å². The van der Waals surface area contributed by atoms with Gasteiger partial charge in [0.05, 0.1) is 12.2 Å². The van der Waals surface area contributed by atoms with E-state index in [0.29, 0.717) is 42.6 Å². The number of allylic oxidation sites excluding steroid dienone is 4. The van der Waals surface area contributed by atoms with E-state index >= 15 is 0 Å². The Hall–Kier alpha value is -3.35. The van der Waals surface area contributed by atoms with Gasteiger partial charge in [-0.2, -0.15) is 5.10 Å². The topological polar surface area (TPSA) is 67.7 Å². The summed E-state index contributed by atoms with van der Waals surface area (Å²) in [5.74, 6) is 0.731. The lowest BCUT2D eigenvalue weighted by atomic mass is 10.0. The zero-order valence-electron chi connectivity index (χ0n) is 17.1. The number of carbonyl (C=O) groups excluding carboxylic acids is 2. The highest BCUT2D eigenvalue weighted by Gasteiger charge is 2.39. The molecule has 0 radical (unpaired) electrons. The van der Waals surface area contributed by atoms with E-state index in [2.05, 4.69) is 30.3 Å². The summed E-state index contributed by atoms with van der Waals surface area (Å²) in [6, 6.07) is 6.76. The van der Waals surface area contributed by atoms with Gasteiger partial charge in [0.2, 0.25) is 0 Å². The maximum Gasteiger partial charge on any atom is 0.275 e. The van der Waals surface area contributed by atoms with Gasteiger partial charge in [0, 0.05) is 25.4 Å². The lowest BCUT2D eigenvalue weighted by molar-refractivity contribution is -0.123. The minimum Gasteiger partial charge on any atom is -0.489 e. The fraction of sp³-hybridized carbons (Fsp3) is 0.348. The number of likely N-dealkylation sites (N-methyl/N-ethyl adjacent to an activating group) is 1. The Bertz CT molecular complexity index is 1080. The molecule has 3 heterocycles. The van der Waals surface area contributed by atoms with Crippen molar-refractivity contribution in [2.45, 2.75) is 25.9 Å². The number of hydrogen-bond acceptors (Lipinski definition) is 4. The van der Waals surface area contributed by atoms with Crippen LogP contribution in [0.15, 0.2) is 54.3 Å². The quantitative estimate of drug-likeness (QED) is 0.788. The average Bonchev–Trinajstić information content (AvgIpc) is 3.32. The number of para-hydroxylation sites is 2. The van der Waals surface area contributed by atoms with Crippen LogP contribution in [-0.2, 0) is 17.8 Å². The van der Waals surface area contributed by atoms with Crippen LogP contribution in [-0.4, -0.2) is 52.7 Å². The minimum absolute atomic E-state index is 0.136. The van der Waals surface area contributed by atoms with Crippen molar-refractivity contribution in [3.05, 3.63) is 65.5 Å². The van der Waals surface area contributed by atoms with Crippen LogP contribution in [0.1, 0.15) is 23.0 Å². The van der Waals surface area contributed by atoms with Crippen LogP contribution >= 0.6 is 0 Å². The lowest BCUT2D eigenvalue weighted by Gasteiger charge is -2.33. The molecule has 0 bridgehead atoms. The molecule has 2 aliphatic heterocycles. The SMILES string of the molecule is CC1C=CC(Cn2cc3c(n2)C(=O)N([C@H]2COc4ccccc4N(C)C2=O)CC3)=C1. The smallest absolute Gasteiger partial charge is 0.275 e. The van der Waals surface area contributed by atoms with Crippen molar-refractivity contribution in [1.82, 2.24) is 14.7 Å². The Kier molecular flexibility index (Phi) is 4.46. The zero-order valence-corrected chi connectivity index (χ0v) is 17.1. The molecule has 1 aromatic carbocycles. The van der Waals surface area contributed by atoms with Crippen molar-refractivity contribution in [2.75, 3.05) is 25.1 Å². The van der Waals surface area contributed by atoms with Crippen LogP contribution in [0.3, 0.4) is 0 Å². The molecule has 0 saturated heterocycles. The third kappa shape index (κ3) is 3.10. The number of benzene rings is 1. The van der Waals surface area contributed by atoms with E-state index < -0.39 is 6.04 Å². The first-order valence-corrected chi connectivity index (χ1v) is 10.3. The summed E-state index contributed by atoms with van der Waals surface area (Å²) in [6.07, 6.45) is 9.08. The highest BCUT2D eigenvalue weighted by atomic mass is 16.5. The molecule has 3 aliphatic rings. The van der Waals surface area contributed by atoms with Crippen molar-refractivity contribution in [2.24, 2.45) is 5.92 Å². The predicted octanol–water partition coefficient (Wildman–Crippen LogP) is 2.44. The Labute approximate surface area is 175 Å². The normalized spacial score (nSPS) is 23.1. The second kappa shape index (κ2) is 7.16. The summed E-state index contributed by atoms with van der Waals surface area (Å²) in [7, 11) is 1.72. The third-order valence-electron chi connectivity index (χ3n) is 5.97. The number of anilines is 1. The van der Waals surface area contributed by atoms with Gasteiger partial charge in [0.15, 0.2) is 5.69 Å². The number of ether oxygens (including phenoxy) is 1. The Morgan fingerprint density at radius 1 is 1.23 bits per heavy atom. The van der Waals surface area contributed by atoms with Gasteiger partial charge in [-0.15, -0.1) is 0 Å². The van der Waals surface area contributed by atoms with Crippen LogP contribution < -0.4 is 9.64 Å². The summed E-state index contributed by atoms with van der Waals surface area (Å²) in [5, 5.41) is 4.56. The van der Waals surface area contributed by atoms with Crippen molar-refractivity contribution in [3.63, 3.8) is 0 Å². The summed E-state index contributed by atoms with van der Waals surface area (Å²) in [5.41, 5.74) is 3.28. The zero-order chi connectivity index (χ0) is 20.8. The number of carbonyl (C=O) groups is 2. The number of amides is 2. The van der Waals surface area contributed by atoms with Gasteiger partial charge >= 0.3 is 0 Å². The van der Waals surface area contributed by atoms with E-state index in [-0.39, 0.29) is 18.4 Å². The first-order chi connectivity index (χ1) is 14.5. The summed E-state index contributed by atoms with van der Waals surface area (Å²) < 4.78 is 7.73. The van der Waals surface area contributed by atoms with Gasteiger partial charge in [0.1, 0.15) is 18.4 Å². The number of aromatic nitrogens is 2. The molecular weight excluding hydrogens is 380 g/mol. The van der Waals surface area contributed by atoms with Gasteiger partial charge in [-0.25, -0.2) is 0 Å².